The molecule has 1 saturated heterocycles. The second kappa shape index (κ2) is 8.13. The van der Waals surface area contributed by atoms with Crippen LogP contribution < -0.4 is 10.3 Å². The Morgan fingerprint density at radius 2 is 1.67 bits per heavy atom. The van der Waals surface area contributed by atoms with Gasteiger partial charge in [-0.3, -0.25) is 0 Å². The minimum Gasteiger partial charge on any atom is -0.329 e. The van der Waals surface area contributed by atoms with Gasteiger partial charge in [-0.05, 0) is 28.5 Å². The van der Waals surface area contributed by atoms with Gasteiger partial charge in [-0.2, -0.15) is 0 Å². The van der Waals surface area contributed by atoms with Gasteiger partial charge in [0.25, 0.3) is 0 Å². The lowest BCUT2D eigenvalue weighted by molar-refractivity contribution is -0.918. The van der Waals surface area contributed by atoms with Gasteiger partial charge in [-0.1, -0.05) is 72.8 Å². The third kappa shape index (κ3) is 4.33. The maximum atomic E-state index is 5.96. The fourth-order valence-electron chi connectivity index (χ4n) is 3.73. The van der Waals surface area contributed by atoms with Gasteiger partial charge in [0.1, 0.15) is 6.54 Å². The first-order chi connectivity index (χ1) is 13.2. The van der Waals surface area contributed by atoms with Gasteiger partial charge >= 0.3 is 0 Å². The molecule has 1 heterocycles. The zero-order valence-corrected chi connectivity index (χ0v) is 16.2. The lowest BCUT2D eigenvalue weighted by Gasteiger charge is -2.33. The Kier molecular flexibility index (Phi) is 5.44. The first-order valence-electron chi connectivity index (χ1n) is 9.46. The van der Waals surface area contributed by atoms with Crippen molar-refractivity contribution in [2.45, 2.75) is 6.54 Å². The molecule has 2 N–H and O–H groups in total. The summed E-state index contributed by atoms with van der Waals surface area (Å²) in [5, 5.41) is 5.72. The summed E-state index contributed by atoms with van der Waals surface area (Å²) in [4.78, 5) is 1.63. The number of piperazine rings is 1. The van der Waals surface area contributed by atoms with E-state index in [4.69, 9.17) is 11.6 Å². The SMILES string of the molecule is C=C(NN1CC[NH+](Cc2cccc3ccccc23)CC1)c1ccc(Cl)cc1. The van der Waals surface area contributed by atoms with Crippen molar-refractivity contribution >= 4 is 28.1 Å². The largest absolute Gasteiger partial charge is 0.329 e. The van der Waals surface area contributed by atoms with E-state index in [0.717, 1.165) is 49.0 Å². The van der Waals surface area contributed by atoms with E-state index >= 15 is 0 Å². The Morgan fingerprint density at radius 1 is 0.963 bits per heavy atom. The quantitative estimate of drug-likeness (QED) is 0.709. The van der Waals surface area contributed by atoms with Gasteiger partial charge in [0.15, 0.2) is 0 Å². The summed E-state index contributed by atoms with van der Waals surface area (Å²) in [6.07, 6.45) is 0. The van der Waals surface area contributed by atoms with Gasteiger partial charge in [-0.25, -0.2) is 5.01 Å². The van der Waals surface area contributed by atoms with Gasteiger partial charge in [-0.15, -0.1) is 0 Å². The molecular formula is C23H25ClN3+. The highest BCUT2D eigenvalue weighted by molar-refractivity contribution is 6.30. The molecule has 3 nitrogen and oxygen atoms in total. The third-order valence-electron chi connectivity index (χ3n) is 5.28. The van der Waals surface area contributed by atoms with Gasteiger partial charge in [0, 0.05) is 16.3 Å². The zero-order valence-electron chi connectivity index (χ0n) is 15.4. The summed E-state index contributed by atoms with van der Waals surface area (Å²) >= 11 is 5.96. The van der Waals surface area contributed by atoms with E-state index in [1.165, 1.54) is 16.3 Å². The highest BCUT2D eigenvalue weighted by Crippen LogP contribution is 2.18. The van der Waals surface area contributed by atoms with E-state index in [-0.39, 0.29) is 0 Å². The van der Waals surface area contributed by atoms with Crippen LogP contribution >= 0.6 is 11.6 Å². The lowest BCUT2D eigenvalue weighted by Crippen LogP contribution is -3.13. The molecule has 1 fully saturated rings. The second-order valence-corrected chi connectivity index (χ2v) is 7.59. The van der Waals surface area contributed by atoms with Crippen molar-refractivity contribution in [1.82, 2.24) is 10.4 Å². The number of fused-ring (bicyclic) bond motifs is 1. The molecule has 0 unspecified atom stereocenters. The van der Waals surface area contributed by atoms with Crippen molar-refractivity contribution in [2.24, 2.45) is 0 Å². The molecular weight excluding hydrogens is 354 g/mol. The van der Waals surface area contributed by atoms with E-state index in [9.17, 15) is 0 Å². The first kappa shape index (κ1) is 18.1. The molecule has 27 heavy (non-hydrogen) atoms. The fraction of sp³-hybridized carbons (Fsp3) is 0.217. The Labute approximate surface area is 165 Å². The molecule has 1 aliphatic heterocycles. The van der Waals surface area contributed by atoms with E-state index < -0.39 is 0 Å². The Morgan fingerprint density at radius 3 is 2.44 bits per heavy atom. The standard InChI is InChI=1S/C23H24ClN3/c1-18(19-9-11-22(24)12-10-19)25-27-15-13-26(14-16-27)17-21-7-4-6-20-5-2-3-8-23(20)21/h2-12,25H,1,13-17H2/p+1. The summed E-state index contributed by atoms with van der Waals surface area (Å²) in [5.74, 6) is 0. The first-order valence-corrected chi connectivity index (χ1v) is 9.83. The third-order valence-corrected chi connectivity index (χ3v) is 5.53. The van der Waals surface area contributed by atoms with Crippen molar-refractivity contribution in [3.05, 3.63) is 89.5 Å². The molecule has 0 atom stereocenters. The minimum absolute atomic E-state index is 0.747. The average molecular weight is 379 g/mol. The minimum atomic E-state index is 0.747. The summed E-state index contributed by atoms with van der Waals surface area (Å²) < 4.78 is 0. The molecule has 0 aliphatic carbocycles. The monoisotopic (exact) mass is 378 g/mol. The molecule has 3 aromatic rings. The van der Waals surface area contributed by atoms with Crippen LogP contribution in [0, 0.1) is 0 Å². The second-order valence-electron chi connectivity index (χ2n) is 7.15. The molecule has 138 valence electrons. The van der Waals surface area contributed by atoms with Crippen LogP contribution in [0.25, 0.3) is 16.5 Å². The number of hydrogen-bond donors (Lipinski definition) is 2. The number of rotatable bonds is 5. The molecule has 1 aliphatic rings. The van der Waals surface area contributed by atoms with Crippen molar-refractivity contribution in [3.8, 4) is 0 Å². The lowest BCUT2D eigenvalue weighted by atomic mass is 10.0. The van der Waals surface area contributed by atoms with Crippen LogP contribution in [0.2, 0.25) is 5.02 Å². The van der Waals surface area contributed by atoms with E-state index in [2.05, 4.69) is 59.5 Å². The van der Waals surface area contributed by atoms with Crippen LogP contribution in [0.15, 0.2) is 73.3 Å². The normalized spacial score (nSPS) is 15.7. The molecule has 0 aromatic heterocycles. The Bertz CT molecular complexity index is 923. The van der Waals surface area contributed by atoms with Crippen molar-refractivity contribution < 1.29 is 4.90 Å². The Balaban J connectivity index is 1.33. The number of hydrazine groups is 1. The average Bonchev–Trinajstić information content (AvgIpc) is 2.70. The molecule has 0 saturated carbocycles. The number of hydrogen-bond acceptors (Lipinski definition) is 2. The molecule has 4 heteroatoms. The smallest absolute Gasteiger partial charge is 0.103 e. The number of halogens is 1. The maximum Gasteiger partial charge on any atom is 0.103 e. The predicted molar refractivity (Wildman–Crippen MR) is 114 cm³/mol. The molecule has 0 radical (unpaired) electrons. The fourth-order valence-corrected chi connectivity index (χ4v) is 3.86. The summed E-state index contributed by atoms with van der Waals surface area (Å²) in [6.45, 7) is 9.49. The number of benzene rings is 3. The van der Waals surface area contributed by atoms with Crippen LogP contribution in [-0.4, -0.2) is 31.2 Å². The molecule has 4 rings (SSSR count). The molecule has 3 aromatic carbocycles. The molecule has 0 amide bonds. The van der Waals surface area contributed by atoms with Gasteiger partial charge in [0.05, 0.1) is 26.2 Å². The highest BCUT2D eigenvalue weighted by Gasteiger charge is 2.21. The number of quaternary nitrogens is 1. The number of nitrogens with one attached hydrogen (secondary N) is 2. The predicted octanol–water partition coefficient (Wildman–Crippen LogP) is 3.37. The molecule has 0 bridgehead atoms. The van der Waals surface area contributed by atoms with Crippen LogP contribution in [-0.2, 0) is 6.54 Å². The maximum absolute atomic E-state index is 5.96. The van der Waals surface area contributed by atoms with Crippen LogP contribution in [0.4, 0.5) is 0 Å². The van der Waals surface area contributed by atoms with Crippen LogP contribution in [0.5, 0.6) is 0 Å². The zero-order chi connectivity index (χ0) is 18.6. The van der Waals surface area contributed by atoms with Crippen molar-refractivity contribution in [3.63, 3.8) is 0 Å². The van der Waals surface area contributed by atoms with Crippen molar-refractivity contribution in [1.29, 1.82) is 0 Å². The summed E-state index contributed by atoms with van der Waals surface area (Å²) in [7, 11) is 0. The van der Waals surface area contributed by atoms with E-state index in [0.29, 0.717) is 0 Å². The van der Waals surface area contributed by atoms with E-state index in [1.807, 2.05) is 24.3 Å². The highest BCUT2D eigenvalue weighted by atomic mass is 35.5. The molecule has 0 spiro atoms. The van der Waals surface area contributed by atoms with E-state index in [1.54, 1.807) is 4.90 Å². The number of nitrogens with zero attached hydrogens (tertiary/aromatic N) is 1. The van der Waals surface area contributed by atoms with Crippen LogP contribution in [0.1, 0.15) is 11.1 Å². The van der Waals surface area contributed by atoms with Crippen molar-refractivity contribution in [2.75, 3.05) is 26.2 Å². The summed E-state index contributed by atoms with van der Waals surface area (Å²) in [6, 6.07) is 23.1. The topological polar surface area (TPSA) is 19.7 Å². The Hall–Kier alpha value is -2.33. The summed E-state index contributed by atoms with van der Waals surface area (Å²) in [5.41, 5.74) is 6.89. The van der Waals surface area contributed by atoms with Gasteiger partial charge < -0.3 is 10.3 Å². The van der Waals surface area contributed by atoms with Crippen LogP contribution in [0.3, 0.4) is 0 Å². The van der Waals surface area contributed by atoms with Gasteiger partial charge in [0.2, 0.25) is 0 Å².